The van der Waals surface area contributed by atoms with Crippen LogP contribution in [0.1, 0.15) is 54.9 Å². The summed E-state index contributed by atoms with van der Waals surface area (Å²) in [6, 6.07) is 16.0. The predicted octanol–water partition coefficient (Wildman–Crippen LogP) is 5.99. The van der Waals surface area contributed by atoms with Gasteiger partial charge in [-0.3, -0.25) is 13.9 Å². The molecule has 0 aliphatic heterocycles. The van der Waals surface area contributed by atoms with Gasteiger partial charge < -0.3 is 10.2 Å². The molecule has 0 aromatic heterocycles. The van der Waals surface area contributed by atoms with Crippen LogP contribution in [-0.4, -0.2) is 43.8 Å². The summed E-state index contributed by atoms with van der Waals surface area (Å²) in [4.78, 5) is 28.5. The molecule has 0 heterocycles. The zero-order chi connectivity index (χ0) is 31.4. The lowest BCUT2D eigenvalue weighted by Crippen LogP contribution is -2.52. The number of nitrogens with zero attached hydrogens (tertiary/aromatic N) is 2. The van der Waals surface area contributed by atoms with Gasteiger partial charge in [0.05, 0.1) is 16.1 Å². The molecular formula is C32H36F3N3O4S. The van der Waals surface area contributed by atoms with E-state index in [0.717, 1.165) is 54.5 Å². The van der Waals surface area contributed by atoms with Gasteiger partial charge in [-0.15, -0.1) is 0 Å². The van der Waals surface area contributed by atoms with Crippen LogP contribution in [0, 0.1) is 13.8 Å². The number of anilines is 1. The third kappa shape index (κ3) is 7.76. The molecule has 1 saturated carbocycles. The number of aryl methyl sites for hydroxylation is 2. The lowest BCUT2D eigenvalue weighted by molar-refractivity contribution is -0.139. The fourth-order valence-corrected chi connectivity index (χ4v) is 6.56. The van der Waals surface area contributed by atoms with Gasteiger partial charge in [0.15, 0.2) is 0 Å². The van der Waals surface area contributed by atoms with Crippen LogP contribution in [0.5, 0.6) is 0 Å². The SMILES string of the molecule is Cc1ccc(S(=O)(=O)N(CC(=O)N(Cc2ccccc2C)C(C)C(=O)NC2CCCC2)c2cccc(C(F)(F)F)c2)cc1. The number of halogens is 3. The lowest BCUT2D eigenvalue weighted by atomic mass is 10.1. The van der Waals surface area contributed by atoms with E-state index in [4.69, 9.17) is 0 Å². The molecule has 230 valence electrons. The molecule has 1 unspecified atom stereocenters. The second kappa shape index (κ2) is 13.2. The van der Waals surface area contributed by atoms with Gasteiger partial charge in [0, 0.05) is 12.6 Å². The van der Waals surface area contributed by atoms with Crippen molar-refractivity contribution in [3.63, 3.8) is 0 Å². The standard InChI is InChI=1S/C32H36F3N3O4S/c1-22-15-17-29(18-16-22)43(41,42)38(28-14-8-11-26(19-28)32(33,34)35)21-30(39)37(20-25-10-5-4-9-23(25)2)24(3)31(40)36-27-12-6-7-13-27/h4-5,8-11,14-19,24,27H,6-7,12-13,20-21H2,1-3H3,(H,36,40). The molecule has 0 saturated heterocycles. The van der Waals surface area contributed by atoms with Gasteiger partial charge in [0.2, 0.25) is 11.8 Å². The quantitative estimate of drug-likeness (QED) is 0.304. The van der Waals surface area contributed by atoms with Crippen molar-refractivity contribution in [3.8, 4) is 0 Å². The normalized spacial score (nSPS) is 14.7. The van der Waals surface area contributed by atoms with Crippen molar-refractivity contribution in [1.82, 2.24) is 10.2 Å². The lowest BCUT2D eigenvalue weighted by Gasteiger charge is -2.33. The average Bonchev–Trinajstić information content (AvgIpc) is 3.48. The highest BCUT2D eigenvalue weighted by molar-refractivity contribution is 7.92. The van der Waals surface area contributed by atoms with Crippen LogP contribution < -0.4 is 9.62 Å². The van der Waals surface area contributed by atoms with Crippen LogP contribution in [-0.2, 0) is 32.3 Å². The molecule has 0 radical (unpaired) electrons. The minimum Gasteiger partial charge on any atom is -0.352 e. The fourth-order valence-electron chi connectivity index (χ4n) is 5.15. The number of sulfonamides is 1. The van der Waals surface area contributed by atoms with Crippen molar-refractivity contribution in [2.45, 2.75) is 76.2 Å². The smallest absolute Gasteiger partial charge is 0.352 e. The zero-order valence-electron chi connectivity index (χ0n) is 24.4. The van der Waals surface area contributed by atoms with Crippen LogP contribution in [0.15, 0.2) is 77.7 Å². The van der Waals surface area contributed by atoms with E-state index in [1.807, 2.05) is 25.1 Å². The van der Waals surface area contributed by atoms with E-state index < -0.39 is 40.3 Å². The van der Waals surface area contributed by atoms with Crippen LogP contribution in [0.25, 0.3) is 0 Å². The number of hydrogen-bond acceptors (Lipinski definition) is 4. The number of hydrogen-bond donors (Lipinski definition) is 1. The van der Waals surface area contributed by atoms with Crippen LogP contribution in [0.2, 0.25) is 0 Å². The first-order valence-corrected chi connectivity index (χ1v) is 15.6. The number of carbonyl (C=O) groups is 2. The summed E-state index contributed by atoms with van der Waals surface area (Å²) < 4.78 is 69.4. The third-order valence-corrected chi connectivity index (χ3v) is 9.61. The molecule has 4 rings (SSSR count). The molecule has 11 heteroatoms. The Morgan fingerprint density at radius 1 is 0.953 bits per heavy atom. The van der Waals surface area contributed by atoms with E-state index >= 15 is 0 Å². The Kier molecular flexibility index (Phi) is 9.84. The molecule has 3 aromatic carbocycles. The van der Waals surface area contributed by atoms with Crippen molar-refractivity contribution in [2.24, 2.45) is 0 Å². The number of benzene rings is 3. The molecule has 1 fully saturated rings. The van der Waals surface area contributed by atoms with E-state index in [-0.39, 0.29) is 29.1 Å². The van der Waals surface area contributed by atoms with Gasteiger partial charge in [-0.2, -0.15) is 13.2 Å². The molecule has 0 spiro atoms. The fraction of sp³-hybridized carbons (Fsp3) is 0.375. The molecule has 2 amide bonds. The summed E-state index contributed by atoms with van der Waals surface area (Å²) >= 11 is 0. The highest BCUT2D eigenvalue weighted by Crippen LogP contribution is 2.33. The summed E-state index contributed by atoms with van der Waals surface area (Å²) in [5.41, 5.74) is 1.03. The Bertz CT molecular complexity index is 1550. The van der Waals surface area contributed by atoms with Crippen molar-refractivity contribution < 1.29 is 31.2 Å². The molecule has 43 heavy (non-hydrogen) atoms. The molecule has 1 aliphatic rings. The van der Waals surface area contributed by atoms with E-state index in [1.54, 1.807) is 32.0 Å². The first kappa shape index (κ1) is 32.1. The van der Waals surface area contributed by atoms with Crippen LogP contribution in [0.4, 0.5) is 18.9 Å². The van der Waals surface area contributed by atoms with Crippen LogP contribution in [0.3, 0.4) is 0 Å². The van der Waals surface area contributed by atoms with Crippen molar-refractivity contribution in [3.05, 3.63) is 95.1 Å². The van der Waals surface area contributed by atoms with Crippen LogP contribution >= 0.6 is 0 Å². The van der Waals surface area contributed by atoms with Gasteiger partial charge in [0.25, 0.3) is 10.0 Å². The van der Waals surface area contributed by atoms with E-state index in [9.17, 15) is 31.2 Å². The largest absolute Gasteiger partial charge is 0.416 e. The number of carbonyl (C=O) groups excluding carboxylic acids is 2. The van der Waals surface area contributed by atoms with Crippen molar-refractivity contribution >= 4 is 27.5 Å². The maximum absolute atomic E-state index is 14.1. The monoisotopic (exact) mass is 615 g/mol. The maximum atomic E-state index is 14.1. The van der Waals surface area contributed by atoms with Gasteiger partial charge in [-0.05, 0) is 75.1 Å². The van der Waals surface area contributed by atoms with E-state index in [2.05, 4.69) is 5.32 Å². The topological polar surface area (TPSA) is 86.8 Å². The molecule has 0 bridgehead atoms. The van der Waals surface area contributed by atoms with E-state index in [0.29, 0.717) is 10.4 Å². The Morgan fingerprint density at radius 2 is 1.60 bits per heavy atom. The number of alkyl halides is 3. The first-order chi connectivity index (χ1) is 20.3. The zero-order valence-corrected chi connectivity index (χ0v) is 25.2. The Hall–Kier alpha value is -3.86. The predicted molar refractivity (Wildman–Crippen MR) is 159 cm³/mol. The Balaban J connectivity index is 1.74. The summed E-state index contributed by atoms with van der Waals surface area (Å²) in [6.07, 6.45) is -1.07. The average molecular weight is 616 g/mol. The molecule has 3 aromatic rings. The molecule has 1 atom stereocenters. The van der Waals surface area contributed by atoms with Crippen molar-refractivity contribution in [2.75, 3.05) is 10.8 Å². The van der Waals surface area contributed by atoms with Gasteiger partial charge >= 0.3 is 6.18 Å². The number of nitrogens with one attached hydrogen (secondary N) is 1. The minimum absolute atomic E-state index is 0.00566. The summed E-state index contributed by atoms with van der Waals surface area (Å²) in [5, 5.41) is 3.00. The van der Waals surface area contributed by atoms with Gasteiger partial charge in [0.1, 0.15) is 12.6 Å². The highest BCUT2D eigenvalue weighted by atomic mass is 32.2. The molecule has 1 N–H and O–H groups in total. The molecule has 7 nitrogen and oxygen atoms in total. The number of amides is 2. The maximum Gasteiger partial charge on any atom is 0.416 e. The van der Waals surface area contributed by atoms with Gasteiger partial charge in [-0.1, -0.05) is 60.9 Å². The summed E-state index contributed by atoms with van der Waals surface area (Å²) in [6.45, 7) is 4.39. The summed E-state index contributed by atoms with van der Waals surface area (Å²) in [7, 11) is -4.49. The summed E-state index contributed by atoms with van der Waals surface area (Å²) in [5.74, 6) is -1.11. The molecule has 1 aliphatic carbocycles. The third-order valence-electron chi connectivity index (χ3n) is 7.82. The van der Waals surface area contributed by atoms with Gasteiger partial charge in [-0.25, -0.2) is 8.42 Å². The molecular weight excluding hydrogens is 579 g/mol. The minimum atomic E-state index is -4.73. The Labute approximate surface area is 250 Å². The first-order valence-electron chi connectivity index (χ1n) is 14.2. The second-order valence-corrected chi connectivity index (χ2v) is 12.8. The highest BCUT2D eigenvalue weighted by Gasteiger charge is 2.35. The second-order valence-electron chi connectivity index (χ2n) is 11.0. The van der Waals surface area contributed by atoms with Crippen molar-refractivity contribution in [1.29, 1.82) is 0 Å². The Morgan fingerprint density at radius 3 is 2.23 bits per heavy atom. The van der Waals surface area contributed by atoms with E-state index in [1.165, 1.54) is 23.1 Å². The number of rotatable bonds is 10.